The molecule has 1 fully saturated rings. The molecule has 1 aromatic carbocycles. The maximum Gasteiger partial charge on any atom is 0.237 e. The Balaban J connectivity index is 1.32. The number of rotatable bonds is 6. The molecule has 1 aliphatic heterocycles. The van der Waals surface area contributed by atoms with Gasteiger partial charge in [0.25, 0.3) is 0 Å². The molecule has 1 aliphatic rings. The van der Waals surface area contributed by atoms with Crippen LogP contribution in [0.3, 0.4) is 0 Å². The number of piperidine rings is 1. The molecule has 3 aromatic rings. The molecule has 6 heteroatoms. The molecule has 1 N–H and O–H groups in total. The average molecular weight is 369 g/mol. The van der Waals surface area contributed by atoms with Gasteiger partial charge >= 0.3 is 0 Å². The number of fused-ring (bicyclic) bond motifs is 1. The number of benzene rings is 1. The molecule has 0 unspecified atom stereocenters. The summed E-state index contributed by atoms with van der Waals surface area (Å²) in [6, 6.07) is 10.4. The molecule has 0 radical (unpaired) electrons. The highest BCUT2D eigenvalue weighted by Crippen LogP contribution is 2.20. The van der Waals surface area contributed by atoms with Gasteiger partial charge in [-0.3, -0.25) is 14.1 Å². The molecule has 1 amide bonds. The maximum atomic E-state index is 12.7. The summed E-state index contributed by atoms with van der Waals surface area (Å²) in [6.45, 7) is 2.47. The van der Waals surface area contributed by atoms with Gasteiger partial charge in [-0.15, -0.1) is 11.3 Å². The largest absolute Gasteiger partial charge is 0.354 e. The Hall–Kier alpha value is -2.18. The van der Waals surface area contributed by atoms with E-state index in [9.17, 15) is 4.79 Å². The number of nitrogens with zero attached hydrogens (tertiary/aromatic N) is 3. The Bertz CT molecular complexity index is 828. The number of hydrogen-bond acceptors (Lipinski definition) is 4. The first kappa shape index (κ1) is 17.2. The van der Waals surface area contributed by atoms with Crippen LogP contribution in [0, 0.1) is 0 Å². The topological polar surface area (TPSA) is 49.6 Å². The third-order valence-electron chi connectivity index (χ3n) is 4.97. The van der Waals surface area contributed by atoms with Crippen molar-refractivity contribution < 1.29 is 4.79 Å². The van der Waals surface area contributed by atoms with E-state index >= 15 is 0 Å². The molecule has 1 atom stereocenters. The molecule has 5 nitrogen and oxygen atoms in total. The van der Waals surface area contributed by atoms with Crippen LogP contribution in [0.25, 0.3) is 4.96 Å². The summed E-state index contributed by atoms with van der Waals surface area (Å²) in [4.78, 5) is 20.6. The number of aromatic nitrogens is 2. The van der Waals surface area contributed by atoms with Crippen molar-refractivity contribution in [3.05, 3.63) is 59.4 Å². The predicted octanol–water partition coefficient (Wildman–Crippen LogP) is 3.11. The van der Waals surface area contributed by atoms with Crippen molar-refractivity contribution in [3.63, 3.8) is 0 Å². The molecule has 0 spiro atoms. The smallest absolute Gasteiger partial charge is 0.237 e. The number of amides is 1. The molecule has 26 heavy (non-hydrogen) atoms. The van der Waals surface area contributed by atoms with Crippen LogP contribution < -0.4 is 5.32 Å². The van der Waals surface area contributed by atoms with Gasteiger partial charge < -0.3 is 5.32 Å². The SMILES string of the molecule is O=C(NCCc1cn2ccsc2n1)[C@H]1CCCCN1Cc1ccccc1. The highest BCUT2D eigenvalue weighted by molar-refractivity contribution is 7.15. The maximum absolute atomic E-state index is 12.7. The van der Waals surface area contributed by atoms with Crippen LogP contribution in [0.1, 0.15) is 30.5 Å². The van der Waals surface area contributed by atoms with Crippen LogP contribution in [-0.4, -0.2) is 39.3 Å². The Morgan fingerprint density at radius 1 is 1.27 bits per heavy atom. The molecular formula is C20H24N4OS. The summed E-state index contributed by atoms with van der Waals surface area (Å²) >= 11 is 1.63. The van der Waals surface area contributed by atoms with E-state index < -0.39 is 0 Å². The Morgan fingerprint density at radius 3 is 3.00 bits per heavy atom. The number of hydrogen-bond donors (Lipinski definition) is 1. The molecular weight excluding hydrogens is 344 g/mol. The average Bonchev–Trinajstić information content (AvgIpc) is 3.25. The minimum absolute atomic E-state index is 0.0190. The highest BCUT2D eigenvalue weighted by Gasteiger charge is 2.28. The first-order valence-electron chi connectivity index (χ1n) is 9.26. The van der Waals surface area contributed by atoms with Gasteiger partial charge in [0.2, 0.25) is 5.91 Å². The zero-order chi connectivity index (χ0) is 17.8. The van der Waals surface area contributed by atoms with Crippen LogP contribution in [0.5, 0.6) is 0 Å². The molecule has 136 valence electrons. The minimum Gasteiger partial charge on any atom is -0.354 e. The van der Waals surface area contributed by atoms with Crippen molar-refractivity contribution in [2.24, 2.45) is 0 Å². The second-order valence-corrected chi connectivity index (χ2v) is 7.71. The fraction of sp³-hybridized carbons (Fsp3) is 0.400. The summed E-state index contributed by atoms with van der Waals surface area (Å²) in [5.41, 5.74) is 2.30. The third kappa shape index (κ3) is 3.97. The fourth-order valence-electron chi connectivity index (χ4n) is 3.62. The van der Waals surface area contributed by atoms with Gasteiger partial charge in [0.1, 0.15) is 0 Å². The van der Waals surface area contributed by atoms with Gasteiger partial charge in [0.05, 0.1) is 11.7 Å². The van der Waals surface area contributed by atoms with Crippen molar-refractivity contribution in [1.82, 2.24) is 19.6 Å². The summed E-state index contributed by atoms with van der Waals surface area (Å²) in [6.07, 6.45) is 8.06. The molecule has 0 aliphatic carbocycles. The lowest BCUT2D eigenvalue weighted by molar-refractivity contribution is -0.127. The Kier molecular flexibility index (Phi) is 5.32. The second kappa shape index (κ2) is 8.01. The lowest BCUT2D eigenvalue weighted by Crippen LogP contribution is -2.49. The van der Waals surface area contributed by atoms with Gasteiger partial charge in [0, 0.05) is 37.3 Å². The monoisotopic (exact) mass is 368 g/mol. The predicted molar refractivity (Wildman–Crippen MR) is 104 cm³/mol. The van der Waals surface area contributed by atoms with Crippen LogP contribution in [0.2, 0.25) is 0 Å². The zero-order valence-corrected chi connectivity index (χ0v) is 15.6. The van der Waals surface area contributed by atoms with Crippen LogP contribution >= 0.6 is 11.3 Å². The molecule has 2 aromatic heterocycles. The summed E-state index contributed by atoms with van der Waals surface area (Å²) in [5.74, 6) is 0.154. The number of thiazole rings is 1. The number of imidazole rings is 1. The molecule has 0 saturated carbocycles. The van der Waals surface area contributed by atoms with Crippen molar-refractivity contribution in [2.75, 3.05) is 13.1 Å². The van der Waals surface area contributed by atoms with Crippen LogP contribution in [-0.2, 0) is 17.8 Å². The fourth-order valence-corrected chi connectivity index (χ4v) is 4.34. The van der Waals surface area contributed by atoms with E-state index in [4.69, 9.17) is 0 Å². The van der Waals surface area contributed by atoms with Crippen molar-refractivity contribution in [3.8, 4) is 0 Å². The van der Waals surface area contributed by atoms with E-state index in [1.807, 2.05) is 28.2 Å². The first-order chi connectivity index (χ1) is 12.8. The van der Waals surface area contributed by atoms with Crippen LogP contribution in [0.4, 0.5) is 0 Å². The summed E-state index contributed by atoms with van der Waals surface area (Å²) in [7, 11) is 0. The summed E-state index contributed by atoms with van der Waals surface area (Å²) in [5, 5.41) is 5.15. The van der Waals surface area contributed by atoms with Crippen molar-refractivity contribution >= 4 is 22.2 Å². The number of carbonyl (C=O) groups is 1. The zero-order valence-electron chi connectivity index (χ0n) is 14.8. The van der Waals surface area contributed by atoms with Crippen LogP contribution in [0.15, 0.2) is 48.1 Å². The molecule has 0 bridgehead atoms. The molecule has 1 saturated heterocycles. The lowest BCUT2D eigenvalue weighted by atomic mass is 10.0. The van der Waals surface area contributed by atoms with E-state index in [1.165, 1.54) is 12.0 Å². The van der Waals surface area contributed by atoms with E-state index in [0.29, 0.717) is 6.54 Å². The quantitative estimate of drug-likeness (QED) is 0.727. The molecule has 4 rings (SSSR count). The van der Waals surface area contributed by atoms with Gasteiger partial charge in [0.15, 0.2) is 4.96 Å². The normalized spacial score (nSPS) is 18.2. The third-order valence-corrected chi connectivity index (χ3v) is 5.74. The highest BCUT2D eigenvalue weighted by atomic mass is 32.1. The Morgan fingerprint density at radius 2 is 2.15 bits per heavy atom. The Labute approximate surface area is 157 Å². The number of nitrogens with one attached hydrogen (secondary N) is 1. The summed E-state index contributed by atoms with van der Waals surface area (Å²) < 4.78 is 2.03. The van der Waals surface area contributed by atoms with E-state index in [0.717, 1.165) is 43.0 Å². The van der Waals surface area contributed by atoms with E-state index in [-0.39, 0.29) is 11.9 Å². The van der Waals surface area contributed by atoms with E-state index in [2.05, 4.69) is 39.5 Å². The van der Waals surface area contributed by atoms with Crippen molar-refractivity contribution in [2.45, 2.75) is 38.3 Å². The van der Waals surface area contributed by atoms with Gasteiger partial charge in [-0.1, -0.05) is 36.8 Å². The first-order valence-corrected chi connectivity index (χ1v) is 10.1. The lowest BCUT2D eigenvalue weighted by Gasteiger charge is -2.34. The number of carbonyl (C=O) groups excluding carboxylic acids is 1. The standard InChI is InChI=1S/C20H24N4OS/c25-19(21-10-9-17-15-24-12-13-26-20(24)22-17)18-8-4-5-11-23(18)14-16-6-2-1-3-7-16/h1-3,6-7,12-13,15,18H,4-5,8-11,14H2,(H,21,25)/t18-/m1/s1. The molecule has 3 heterocycles. The van der Waals surface area contributed by atoms with E-state index in [1.54, 1.807) is 11.3 Å². The van der Waals surface area contributed by atoms with Gasteiger partial charge in [-0.2, -0.15) is 0 Å². The number of likely N-dealkylation sites (tertiary alicyclic amines) is 1. The minimum atomic E-state index is -0.0190. The second-order valence-electron chi connectivity index (χ2n) is 6.83. The van der Waals surface area contributed by atoms with Crippen molar-refractivity contribution in [1.29, 1.82) is 0 Å². The van der Waals surface area contributed by atoms with Gasteiger partial charge in [-0.25, -0.2) is 4.98 Å². The van der Waals surface area contributed by atoms with Gasteiger partial charge in [-0.05, 0) is 24.9 Å².